The van der Waals surface area contributed by atoms with Crippen LogP contribution >= 0.6 is 0 Å². The highest BCUT2D eigenvalue weighted by Crippen LogP contribution is 2.17. The fourth-order valence-electron chi connectivity index (χ4n) is 2.77. The second kappa shape index (κ2) is 7.34. The van der Waals surface area contributed by atoms with Crippen molar-refractivity contribution in [3.63, 3.8) is 0 Å². The van der Waals surface area contributed by atoms with E-state index in [1.807, 2.05) is 48.2 Å². The van der Waals surface area contributed by atoms with Gasteiger partial charge in [0.1, 0.15) is 11.6 Å². The van der Waals surface area contributed by atoms with Crippen LogP contribution in [0.3, 0.4) is 0 Å². The minimum Gasteiger partial charge on any atom is -0.484 e. The predicted octanol–water partition coefficient (Wildman–Crippen LogP) is 2.43. The Labute approximate surface area is 142 Å². The molecule has 5 heteroatoms. The third kappa shape index (κ3) is 3.85. The van der Waals surface area contributed by atoms with Gasteiger partial charge < -0.3 is 14.5 Å². The number of carbonyl (C=O) groups is 1. The minimum absolute atomic E-state index is 0.0360. The number of carbonyl (C=O) groups excluding carboxylic acids is 1. The molecule has 1 fully saturated rings. The van der Waals surface area contributed by atoms with Gasteiger partial charge in [0, 0.05) is 32.4 Å². The third-order valence-corrected chi connectivity index (χ3v) is 4.45. The van der Waals surface area contributed by atoms with Gasteiger partial charge in [0.2, 0.25) is 0 Å². The molecule has 1 saturated heterocycles. The zero-order chi connectivity index (χ0) is 16.9. The molecule has 126 valence electrons. The first-order valence-electron chi connectivity index (χ1n) is 8.27. The number of hydrogen-bond acceptors (Lipinski definition) is 4. The summed E-state index contributed by atoms with van der Waals surface area (Å²) in [6, 6.07) is 11.8. The van der Waals surface area contributed by atoms with E-state index in [0.29, 0.717) is 13.1 Å². The lowest BCUT2D eigenvalue weighted by molar-refractivity contribution is -0.133. The number of hydrogen-bond donors (Lipinski definition) is 0. The lowest BCUT2D eigenvalue weighted by Gasteiger charge is -2.35. The molecule has 1 aromatic carbocycles. The van der Waals surface area contributed by atoms with Crippen molar-refractivity contribution in [1.29, 1.82) is 0 Å². The summed E-state index contributed by atoms with van der Waals surface area (Å²) in [7, 11) is 0. The van der Waals surface area contributed by atoms with Gasteiger partial charge in [-0.15, -0.1) is 0 Å². The van der Waals surface area contributed by atoms with Crippen molar-refractivity contribution in [2.24, 2.45) is 0 Å². The lowest BCUT2D eigenvalue weighted by Crippen LogP contribution is -2.50. The van der Waals surface area contributed by atoms with Crippen molar-refractivity contribution in [3.8, 4) is 5.75 Å². The van der Waals surface area contributed by atoms with Gasteiger partial charge >= 0.3 is 0 Å². The van der Waals surface area contributed by atoms with Crippen LogP contribution in [-0.2, 0) is 4.79 Å². The fraction of sp³-hybridized carbons (Fsp3) is 0.368. The maximum absolute atomic E-state index is 12.3. The Balaban J connectivity index is 1.49. The molecule has 1 aromatic heterocycles. The number of anilines is 1. The van der Waals surface area contributed by atoms with Crippen LogP contribution in [-0.4, -0.2) is 48.6 Å². The van der Waals surface area contributed by atoms with Crippen molar-refractivity contribution in [1.82, 2.24) is 9.88 Å². The van der Waals surface area contributed by atoms with Crippen molar-refractivity contribution in [2.75, 3.05) is 37.7 Å². The van der Waals surface area contributed by atoms with E-state index in [-0.39, 0.29) is 12.5 Å². The number of amides is 1. The van der Waals surface area contributed by atoms with Crippen molar-refractivity contribution < 1.29 is 9.53 Å². The predicted molar refractivity (Wildman–Crippen MR) is 94.4 cm³/mol. The molecule has 0 bridgehead atoms. The number of ether oxygens (including phenoxy) is 1. The summed E-state index contributed by atoms with van der Waals surface area (Å²) >= 11 is 0. The molecule has 0 radical (unpaired) electrons. The maximum Gasteiger partial charge on any atom is 0.260 e. The molecule has 2 aromatic rings. The Morgan fingerprint density at radius 3 is 2.54 bits per heavy atom. The first-order chi connectivity index (χ1) is 11.6. The van der Waals surface area contributed by atoms with Crippen LogP contribution in [0, 0.1) is 13.8 Å². The number of pyridine rings is 1. The van der Waals surface area contributed by atoms with Crippen LogP contribution in [0.4, 0.5) is 5.82 Å². The highest BCUT2D eigenvalue weighted by atomic mass is 16.5. The standard InChI is InChI=1S/C19H23N3O2/c1-15-6-7-17(13-16(15)2)24-14-19(23)22-11-9-21(10-12-22)18-5-3-4-8-20-18/h3-8,13H,9-12,14H2,1-2H3. The molecule has 0 unspecified atom stereocenters. The van der Waals surface area contributed by atoms with Crippen LogP contribution in [0.15, 0.2) is 42.6 Å². The van der Waals surface area contributed by atoms with Crippen molar-refractivity contribution in [2.45, 2.75) is 13.8 Å². The Kier molecular flexibility index (Phi) is 4.99. The molecular weight excluding hydrogens is 302 g/mol. The van der Waals surface area contributed by atoms with E-state index in [2.05, 4.69) is 16.8 Å². The summed E-state index contributed by atoms with van der Waals surface area (Å²) in [6.07, 6.45) is 1.80. The molecule has 0 aliphatic carbocycles. The summed E-state index contributed by atoms with van der Waals surface area (Å²) < 4.78 is 5.65. The molecule has 0 saturated carbocycles. The van der Waals surface area contributed by atoms with E-state index in [0.717, 1.165) is 24.7 Å². The number of piperazine rings is 1. The average molecular weight is 325 g/mol. The molecule has 5 nitrogen and oxygen atoms in total. The van der Waals surface area contributed by atoms with Crippen molar-refractivity contribution >= 4 is 11.7 Å². The van der Waals surface area contributed by atoms with E-state index >= 15 is 0 Å². The molecule has 0 atom stereocenters. The number of aryl methyl sites for hydroxylation is 2. The van der Waals surface area contributed by atoms with E-state index < -0.39 is 0 Å². The first-order valence-corrected chi connectivity index (χ1v) is 8.27. The van der Waals surface area contributed by atoms with Gasteiger partial charge in [-0.05, 0) is 49.2 Å². The molecule has 1 amide bonds. The SMILES string of the molecule is Cc1ccc(OCC(=O)N2CCN(c3ccccn3)CC2)cc1C. The number of rotatable bonds is 4. The van der Waals surface area contributed by atoms with E-state index in [1.54, 1.807) is 6.20 Å². The normalized spacial score (nSPS) is 14.6. The summed E-state index contributed by atoms with van der Waals surface area (Å²) in [5, 5.41) is 0. The fourth-order valence-corrected chi connectivity index (χ4v) is 2.77. The number of aromatic nitrogens is 1. The second-order valence-corrected chi connectivity index (χ2v) is 6.09. The third-order valence-electron chi connectivity index (χ3n) is 4.45. The molecule has 24 heavy (non-hydrogen) atoms. The Bertz CT molecular complexity index is 695. The van der Waals surface area contributed by atoms with Gasteiger partial charge in [-0.2, -0.15) is 0 Å². The first kappa shape index (κ1) is 16.3. The summed E-state index contributed by atoms with van der Waals surface area (Å²) in [6.45, 7) is 7.19. The highest BCUT2D eigenvalue weighted by Gasteiger charge is 2.22. The van der Waals surface area contributed by atoms with Crippen LogP contribution in [0.25, 0.3) is 0 Å². The monoisotopic (exact) mass is 325 g/mol. The Hall–Kier alpha value is -2.56. The lowest BCUT2D eigenvalue weighted by atomic mass is 10.1. The smallest absolute Gasteiger partial charge is 0.260 e. The highest BCUT2D eigenvalue weighted by molar-refractivity contribution is 5.78. The van der Waals surface area contributed by atoms with E-state index in [9.17, 15) is 4.79 Å². The molecule has 0 N–H and O–H groups in total. The molecular formula is C19H23N3O2. The quantitative estimate of drug-likeness (QED) is 0.866. The van der Waals surface area contributed by atoms with Gasteiger partial charge in [0.05, 0.1) is 0 Å². The molecule has 3 rings (SSSR count). The maximum atomic E-state index is 12.3. The largest absolute Gasteiger partial charge is 0.484 e. The number of nitrogens with zero attached hydrogens (tertiary/aromatic N) is 3. The Morgan fingerprint density at radius 1 is 1.08 bits per heavy atom. The van der Waals surface area contributed by atoms with Gasteiger partial charge in [0.25, 0.3) is 5.91 Å². The summed E-state index contributed by atoms with van der Waals surface area (Å²) in [5.74, 6) is 1.75. The van der Waals surface area contributed by atoms with Crippen molar-refractivity contribution in [3.05, 3.63) is 53.7 Å². The molecule has 1 aliphatic heterocycles. The van der Waals surface area contributed by atoms with Gasteiger partial charge in [-0.3, -0.25) is 4.79 Å². The van der Waals surface area contributed by atoms with E-state index in [4.69, 9.17) is 4.74 Å². The minimum atomic E-state index is 0.0360. The van der Waals surface area contributed by atoms with Crippen LogP contribution in [0.1, 0.15) is 11.1 Å². The second-order valence-electron chi connectivity index (χ2n) is 6.09. The Morgan fingerprint density at radius 2 is 1.88 bits per heavy atom. The van der Waals surface area contributed by atoms with Crippen LogP contribution in [0.2, 0.25) is 0 Å². The molecule has 2 heterocycles. The number of benzene rings is 1. The van der Waals surface area contributed by atoms with Crippen LogP contribution < -0.4 is 9.64 Å². The van der Waals surface area contributed by atoms with Crippen LogP contribution in [0.5, 0.6) is 5.75 Å². The summed E-state index contributed by atoms with van der Waals surface area (Å²) in [4.78, 5) is 20.8. The zero-order valence-corrected chi connectivity index (χ0v) is 14.2. The van der Waals surface area contributed by atoms with Gasteiger partial charge in [0.15, 0.2) is 6.61 Å². The van der Waals surface area contributed by atoms with E-state index in [1.165, 1.54) is 11.1 Å². The average Bonchev–Trinajstić information content (AvgIpc) is 2.63. The van der Waals surface area contributed by atoms with Gasteiger partial charge in [-0.25, -0.2) is 4.98 Å². The summed E-state index contributed by atoms with van der Waals surface area (Å²) in [5.41, 5.74) is 2.39. The zero-order valence-electron chi connectivity index (χ0n) is 14.2. The molecule has 0 spiro atoms. The van der Waals surface area contributed by atoms with Gasteiger partial charge in [-0.1, -0.05) is 12.1 Å². The molecule has 1 aliphatic rings. The topological polar surface area (TPSA) is 45.7 Å².